The highest BCUT2D eigenvalue weighted by Gasteiger charge is 2.25. The lowest BCUT2D eigenvalue weighted by Gasteiger charge is -2.25. The molecule has 0 amide bonds. The summed E-state index contributed by atoms with van der Waals surface area (Å²) in [6, 6.07) is 8.11. The van der Waals surface area contributed by atoms with E-state index in [4.69, 9.17) is 15.7 Å². The molecule has 29 heavy (non-hydrogen) atoms. The van der Waals surface area contributed by atoms with Crippen molar-refractivity contribution in [3.05, 3.63) is 41.1 Å². The average Bonchev–Trinajstić information content (AvgIpc) is 2.72. The number of piperidine rings is 1. The number of aryl methyl sites for hydroxylation is 1. The fourth-order valence-electron chi connectivity index (χ4n) is 2.99. The summed E-state index contributed by atoms with van der Waals surface area (Å²) in [4.78, 5) is 23.8. The van der Waals surface area contributed by atoms with E-state index in [9.17, 15) is 18.0 Å². The minimum Gasteiger partial charge on any atom is -0.457 e. The molecule has 0 spiro atoms. The maximum absolute atomic E-state index is 12.6. The number of hydrogen-bond acceptors (Lipinski definition) is 7. The summed E-state index contributed by atoms with van der Waals surface area (Å²) >= 11 is 0. The van der Waals surface area contributed by atoms with E-state index in [1.54, 1.807) is 30.3 Å². The molecular formula is C20H25N3O5S. The van der Waals surface area contributed by atoms with Crippen molar-refractivity contribution in [2.45, 2.75) is 43.9 Å². The third-order valence-electron chi connectivity index (χ3n) is 4.64. The second kappa shape index (κ2) is 10.2. The summed E-state index contributed by atoms with van der Waals surface area (Å²) in [6.07, 6.45) is 3.16. The van der Waals surface area contributed by atoms with Crippen LogP contribution in [0, 0.1) is 11.3 Å². The molecule has 0 bridgehead atoms. The number of nitriles is 1. The zero-order valence-electron chi connectivity index (χ0n) is 16.4. The molecule has 0 saturated carbocycles. The van der Waals surface area contributed by atoms with Crippen LogP contribution in [0.3, 0.4) is 0 Å². The highest BCUT2D eigenvalue weighted by atomic mass is 32.2. The van der Waals surface area contributed by atoms with Gasteiger partial charge in [0.25, 0.3) is 0 Å². The van der Waals surface area contributed by atoms with Gasteiger partial charge in [0.2, 0.25) is 15.8 Å². The third kappa shape index (κ3) is 6.14. The van der Waals surface area contributed by atoms with Gasteiger partial charge < -0.3 is 10.5 Å². The number of sulfonamides is 1. The fraction of sp³-hybridized carbons (Fsp3) is 0.450. The zero-order chi connectivity index (χ0) is 21.4. The molecule has 1 heterocycles. The SMILES string of the molecule is C/C(N)=C(\C#N)C(=O)COC(=O)CCc1ccc(S(=O)(=O)N2CCCCC2)cc1. The Hall–Kier alpha value is -2.70. The third-order valence-corrected chi connectivity index (χ3v) is 6.56. The molecular weight excluding hydrogens is 394 g/mol. The first kappa shape index (κ1) is 22.6. The summed E-state index contributed by atoms with van der Waals surface area (Å²) in [7, 11) is -3.48. The van der Waals surface area contributed by atoms with Crippen molar-refractivity contribution >= 4 is 21.8 Å². The van der Waals surface area contributed by atoms with Crippen LogP contribution < -0.4 is 5.73 Å². The van der Waals surface area contributed by atoms with E-state index in [1.165, 1.54) is 11.2 Å². The molecule has 1 aliphatic rings. The molecule has 1 fully saturated rings. The number of ether oxygens (including phenoxy) is 1. The Bertz CT molecular complexity index is 920. The Morgan fingerprint density at radius 2 is 1.79 bits per heavy atom. The number of Topliss-reactive ketones (excluding diaryl/α,β-unsaturated/α-hetero) is 1. The van der Waals surface area contributed by atoms with Gasteiger partial charge in [-0.3, -0.25) is 9.59 Å². The second-order valence-corrected chi connectivity index (χ2v) is 8.80. The molecule has 1 aromatic carbocycles. The molecule has 1 aliphatic heterocycles. The van der Waals surface area contributed by atoms with Crippen LogP contribution >= 0.6 is 0 Å². The summed E-state index contributed by atoms with van der Waals surface area (Å²) in [5, 5.41) is 8.85. The number of carbonyl (C=O) groups is 2. The Morgan fingerprint density at radius 3 is 2.34 bits per heavy atom. The molecule has 1 saturated heterocycles. The van der Waals surface area contributed by atoms with Crippen LogP contribution in [0.15, 0.2) is 40.4 Å². The number of carbonyl (C=O) groups excluding carboxylic acids is 2. The minimum absolute atomic E-state index is 0.0265. The molecule has 2 N–H and O–H groups in total. The highest BCUT2D eigenvalue weighted by molar-refractivity contribution is 7.89. The number of allylic oxidation sites excluding steroid dienone is 1. The smallest absolute Gasteiger partial charge is 0.306 e. The first-order valence-corrected chi connectivity index (χ1v) is 10.8. The number of esters is 1. The first-order valence-electron chi connectivity index (χ1n) is 9.40. The molecule has 2 rings (SSSR count). The van der Waals surface area contributed by atoms with Crippen molar-refractivity contribution in [3.63, 3.8) is 0 Å². The van der Waals surface area contributed by atoms with E-state index in [-0.39, 0.29) is 22.6 Å². The van der Waals surface area contributed by atoms with Gasteiger partial charge in [0.1, 0.15) is 11.6 Å². The van der Waals surface area contributed by atoms with Gasteiger partial charge in [0.05, 0.1) is 4.90 Å². The number of nitrogens with zero attached hydrogens (tertiary/aromatic N) is 2. The van der Waals surface area contributed by atoms with E-state index in [1.807, 2.05) is 0 Å². The average molecular weight is 420 g/mol. The van der Waals surface area contributed by atoms with E-state index < -0.39 is 28.4 Å². The van der Waals surface area contributed by atoms with Gasteiger partial charge in [0, 0.05) is 25.2 Å². The standard InChI is InChI=1S/C20H25N3O5S/c1-15(22)18(13-21)19(24)14-28-20(25)10-7-16-5-8-17(9-6-16)29(26,27)23-11-3-2-4-12-23/h5-6,8-9H,2-4,7,10-12,14,22H2,1H3/b18-15-. The normalized spacial score (nSPS) is 15.9. The van der Waals surface area contributed by atoms with Gasteiger partial charge in [-0.05, 0) is 43.9 Å². The Balaban J connectivity index is 1.87. The molecule has 0 unspecified atom stereocenters. The van der Waals surface area contributed by atoms with Crippen LogP contribution in [0.2, 0.25) is 0 Å². The van der Waals surface area contributed by atoms with E-state index in [0.717, 1.165) is 24.8 Å². The maximum atomic E-state index is 12.6. The molecule has 8 nitrogen and oxygen atoms in total. The number of nitrogens with two attached hydrogens (primary N) is 1. The number of benzene rings is 1. The predicted octanol–water partition coefficient (Wildman–Crippen LogP) is 1.66. The largest absolute Gasteiger partial charge is 0.457 e. The molecule has 9 heteroatoms. The summed E-state index contributed by atoms with van der Waals surface area (Å²) < 4.78 is 31.6. The van der Waals surface area contributed by atoms with Gasteiger partial charge in [-0.25, -0.2) is 8.42 Å². The first-order chi connectivity index (χ1) is 13.8. The number of ketones is 1. The lowest BCUT2D eigenvalue weighted by Crippen LogP contribution is -2.35. The van der Waals surface area contributed by atoms with Crippen LogP contribution in [-0.2, 0) is 30.8 Å². The fourth-order valence-corrected chi connectivity index (χ4v) is 4.51. The summed E-state index contributed by atoms with van der Waals surface area (Å²) in [5.74, 6) is -1.23. The highest BCUT2D eigenvalue weighted by Crippen LogP contribution is 2.21. The van der Waals surface area contributed by atoms with Gasteiger partial charge in [-0.1, -0.05) is 18.6 Å². The quantitative estimate of drug-likeness (QED) is 0.385. The maximum Gasteiger partial charge on any atom is 0.306 e. The van der Waals surface area contributed by atoms with Crippen molar-refractivity contribution in [1.82, 2.24) is 4.31 Å². The minimum atomic E-state index is -3.48. The van der Waals surface area contributed by atoms with E-state index >= 15 is 0 Å². The molecule has 1 aromatic rings. The number of hydrogen-bond donors (Lipinski definition) is 1. The van der Waals surface area contributed by atoms with Crippen LogP contribution in [0.1, 0.15) is 38.2 Å². The van der Waals surface area contributed by atoms with E-state index in [0.29, 0.717) is 19.5 Å². The number of rotatable bonds is 8. The van der Waals surface area contributed by atoms with Gasteiger partial charge in [-0.2, -0.15) is 9.57 Å². The van der Waals surface area contributed by atoms with Crippen LogP contribution in [0.5, 0.6) is 0 Å². The Kier molecular flexibility index (Phi) is 7.93. The molecule has 156 valence electrons. The molecule has 0 aromatic heterocycles. The van der Waals surface area contributed by atoms with Gasteiger partial charge in [-0.15, -0.1) is 0 Å². The van der Waals surface area contributed by atoms with Crippen LogP contribution in [0.4, 0.5) is 0 Å². The van der Waals surface area contributed by atoms with Crippen molar-refractivity contribution in [1.29, 1.82) is 5.26 Å². The van der Waals surface area contributed by atoms with E-state index in [2.05, 4.69) is 0 Å². The molecule has 0 aliphatic carbocycles. The van der Waals surface area contributed by atoms with Crippen LogP contribution in [0.25, 0.3) is 0 Å². The summed E-state index contributed by atoms with van der Waals surface area (Å²) in [5.41, 5.74) is 6.07. The van der Waals surface area contributed by atoms with Crippen molar-refractivity contribution < 1.29 is 22.7 Å². The topological polar surface area (TPSA) is 131 Å². The lowest BCUT2D eigenvalue weighted by atomic mass is 10.1. The van der Waals surface area contributed by atoms with Crippen LogP contribution in [-0.4, -0.2) is 44.2 Å². The monoisotopic (exact) mass is 419 g/mol. The van der Waals surface area contributed by atoms with Crippen molar-refractivity contribution in [2.24, 2.45) is 5.73 Å². The zero-order valence-corrected chi connectivity index (χ0v) is 17.2. The van der Waals surface area contributed by atoms with Crippen molar-refractivity contribution in [3.8, 4) is 6.07 Å². The molecule has 0 atom stereocenters. The predicted molar refractivity (Wildman–Crippen MR) is 106 cm³/mol. The van der Waals surface area contributed by atoms with Crippen molar-refractivity contribution in [2.75, 3.05) is 19.7 Å². The second-order valence-electron chi connectivity index (χ2n) is 6.86. The molecule has 0 radical (unpaired) electrons. The van der Waals surface area contributed by atoms with Gasteiger partial charge in [0.15, 0.2) is 6.61 Å². The lowest BCUT2D eigenvalue weighted by molar-refractivity contribution is -0.147. The Morgan fingerprint density at radius 1 is 1.17 bits per heavy atom. The summed E-state index contributed by atoms with van der Waals surface area (Å²) in [6.45, 7) is 1.97. The van der Waals surface area contributed by atoms with Gasteiger partial charge >= 0.3 is 5.97 Å². The Labute approximate surface area is 171 Å².